The van der Waals surface area contributed by atoms with E-state index in [1.807, 2.05) is 0 Å². The van der Waals surface area contributed by atoms with Crippen molar-refractivity contribution in [2.75, 3.05) is 6.61 Å². The average molecular weight is 339 g/mol. The summed E-state index contributed by atoms with van der Waals surface area (Å²) in [6.45, 7) is -0.859. The third kappa shape index (κ3) is 4.85. The van der Waals surface area contributed by atoms with Gasteiger partial charge in [-0.2, -0.15) is 21.6 Å². The van der Waals surface area contributed by atoms with Crippen LogP contribution in [0.5, 0.6) is 0 Å². The number of aliphatic hydroxyl groups is 3. The molecule has 0 aromatic rings. The number of rotatable bonds is 5. The first-order valence-electron chi connectivity index (χ1n) is 4.97. The minimum absolute atomic E-state index is 0.859. The molecule has 5 atom stereocenters. The van der Waals surface area contributed by atoms with Crippen molar-refractivity contribution < 1.29 is 50.2 Å². The maximum Gasteiger partial charge on any atom is 0.397 e. The van der Waals surface area contributed by atoms with Crippen LogP contribution in [0.25, 0.3) is 0 Å². The highest BCUT2D eigenvalue weighted by molar-refractivity contribution is 7.83. The summed E-state index contributed by atoms with van der Waals surface area (Å²) in [6.07, 6.45) is -7.54. The molecule has 0 radical (unpaired) electrons. The Labute approximate surface area is 113 Å². The molecule has 0 bridgehead atoms. The molecule has 1 heterocycles. The van der Waals surface area contributed by atoms with Crippen LogP contribution in [0, 0.1) is 0 Å². The smallest absolute Gasteiger partial charge is 0.394 e. The van der Waals surface area contributed by atoms with Gasteiger partial charge in [-0.1, -0.05) is 0 Å². The van der Waals surface area contributed by atoms with Crippen molar-refractivity contribution in [3.63, 3.8) is 0 Å². The van der Waals surface area contributed by atoms with Crippen molar-refractivity contribution in [2.24, 2.45) is 0 Å². The summed E-state index contributed by atoms with van der Waals surface area (Å²) in [7, 11) is -10.0. The van der Waals surface area contributed by atoms with Gasteiger partial charge in [0.2, 0.25) is 0 Å². The summed E-state index contributed by atoms with van der Waals surface area (Å²) < 4.78 is 69.9. The molecule has 0 aliphatic carbocycles. The van der Waals surface area contributed by atoms with E-state index in [0.717, 1.165) is 0 Å². The second-order valence-electron chi connectivity index (χ2n) is 3.85. The second-order valence-corrected chi connectivity index (χ2v) is 6.08. The molecule has 1 fully saturated rings. The summed E-state index contributed by atoms with van der Waals surface area (Å²) in [4.78, 5) is 0. The van der Waals surface area contributed by atoms with Gasteiger partial charge in [-0.05, 0) is 0 Å². The first kappa shape index (κ1) is 17.6. The monoisotopic (exact) mass is 339 g/mol. The predicted octanol–water partition coefficient (Wildman–Crippen LogP) is -3.99. The standard InChI is InChI=1S/C6H13NO11S2/c8-1-2-4(9)5(18-20(14,15)16)3(6(10)17-2)7-19(11,12)13/h2-10H,1H2,(H,11,12,13)(H,14,15,16)/t2-,3-,4-,5-,6?/m1/s1. The first-order chi connectivity index (χ1) is 8.94. The molecule has 0 saturated carbocycles. The molecule has 0 amide bonds. The van der Waals surface area contributed by atoms with E-state index in [1.165, 1.54) is 4.72 Å². The summed E-state index contributed by atoms with van der Waals surface area (Å²) in [5.41, 5.74) is 0. The predicted molar refractivity (Wildman–Crippen MR) is 58.9 cm³/mol. The molecule has 1 aliphatic heterocycles. The molecule has 1 aliphatic rings. The average Bonchev–Trinajstić information content (AvgIpc) is 2.25. The van der Waals surface area contributed by atoms with Crippen LogP contribution in [-0.2, 0) is 29.6 Å². The maximum atomic E-state index is 10.7. The molecule has 1 unspecified atom stereocenters. The lowest BCUT2D eigenvalue weighted by Gasteiger charge is -2.40. The van der Waals surface area contributed by atoms with Crippen LogP contribution in [0.1, 0.15) is 0 Å². The van der Waals surface area contributed by atoms with Crippen molar-refractivity contribution in [3.05, 3.63) is 0 Å². The van der Waals surface area contributed by atoms with E-state index in [1.54, 1.807) is 0 Å². The lowest BCUT2D eigenvalue weighted by Crippen LogP contribution is -2.65. The molecule has 6 N–H and O–H groups in total. The van der Waals surface area contributed by atoms with Gasteiger partial charge < -0.3 is 20.1 Å². The van der Waals surface area contributed by atoms with Gasteiger partial charge in [0.1, 0.15) is 24.4 Å². The molecular formula is C6H13NO11S2. The Morgan fingerprint density at radius 3 is 2.10 bits per heavy atom. The third-order valence-electron chi connectivity index (χ3n) is 2.39. The van der Waals surface area contributed by atoms with Crippen molar-refractivity contribution in [1.82, 2.24) is 4.72 Å². The van der Waals surface area contributed by atoms with Gasteiger partial charge in [-0.3, -0.25) is 9.11 Å². The van der Waals surface area contributed by atoms with Crippen LogP contribution in [0.15, 0.2) is 0 Å². The zero-order chi connectivity index (χ0) is 15.7. The molecule has 0 spiro atoms. The fourth-order valence-corrected chi connectivity index (χ4v) is 2.74. The van der Waals surface area contributed by atoms with Gasteiger partial charge >= 0.3 is 20.7 Å². The van der Waals surface area contributed by atoms with Crippen LogP contribution in [0.3, 0.4) is 0 Å². The first-order valence-corrected chi connectivity index (χ1v) is 7.78. The number of aliphatic hydroxyl groups excluding tert-OH is 3. The molecule has 14 heteroatoms. The van der Waals surface area contributed by atoms with Crippen LogP contribution < -0.4 is 4.72 Å². The topological polar surface area (TPSA) is 200 Å². The molecule has 12 nitrogen and oxygen atoms in total. The van der Waals surface area contributed by atoms with Gasteiger partial charge in [-0.25, -0.2) is 4.18 Å². The van der Waals surface area contributed by atoms with Crippen LogP contribution >= 0.6 is 0 Å². The van der Waals surface area contributed by atoms with Gasteiger partial charge in [0.15, 0.2) is 6.29 Å². The summed E-state index contributed by atoms with van der Waals surface area (Å²) in [5.74, 6) is 0. The Bertz CT molecular complexity index is 529. The van der Waals surface area contributed by atoms with E-state index in [4.69, 9.17) is 14.2 Å². The van der Waals surface area contributed by atoms with Crippen molar-refractivity contribution in [2.45, 2.75) is 30.6 Å². The van der Waals surface area contributed by atoms with Crippen molar-refractivity contribution >= 4 is 20.7 Å². The minimum atomic E-state index is -5.12. The molecule has 0 aromatic carbocycles. The maximum absolute atomic E-state index is 10.7. The molecule has 20 heavy (non-hydrogen) atoms. The summed E-state index contributed by atoms with van der Waals surface area (Å²) in [5, 5.41) is 28.0. The van der Waals surface area contributed by atoms with Crippen LogP contribution in [0.2, 0.25) is 0 Å². The molecule has 1 saturated heterocycles. The van der Waals surface area contributed by atoms with E-state index < -0.39 is 58.0 Å². The number of hydrogen-bond acceptors (Lipinski definition) is 9. The molecular weight excluding hydrogens is 326 g/mol. The van der Waals surface area contributed by atoms with Gasteiger partial charge in [0.05, 0.1) is 6.61 Å². The van der Waals surface area contributed by atoms with Crippen LogP contribution in [-0.4, -0.2) is 78.5 Å². The Morgan fingerprint density at radius 2 is 1.70 bits per heavy atom. The van der Waals surface area contributed by atoms with E-state index in [0.29, 0.717) is 0 Å². The lowest BCUT2D eigenvalue weighted by molar-refractivity contribution is -0.247. The molecule has 0 aromatic heterocycles. The molecule has 120 valence electrons. The fraction of sp³-hybridized carbons (Fsp3) is 1.00. The normalized spacial score (nSPS) is 36.0. The minimum Gasteiger partial charge on any atom is -0.394 e. The van der Waals surface area contributed by atoms with E-state index in [2.05, 4.69) is 8.92 Å². The zero-order valence-corrected chi connectivity index (χ0v) is 11.2. The van der Waals surface area contributed by atoms with E-state index in [9.17, 15) is 27.0 Å². The summed E-state index contributed by atoms with van der Waals surface area (Å²) in [6, 6.07) is -1.95. The van der Waals surface area contributed by atoms with Crippen LogP contribution in [0.4, 0.5) is 0 Å². The fourth-order valence-electron chi connectivity index (χ4n) is 1.64. The van der Waals surface area contributed by atoms with E-state index in [-0.39, 0.29) is 0 Å². The number of hydrogen-bond donors (Lipinski definition) is 6. The highest BCUT2D eigenvalue weighted by Gasteiger charge is 2.48. The number of nitrogens with one attached hydrogen (secondary N) is 1. The van der Waals surface area contributed by atoms with Gasteiger partial charge in [0.25, 0.3) is 0 Å². The van der Waals surface area contributed by atoms with Crippen molar-refractivity contribution in [1.29, 1.82) is 0 Å². The highest BCUT2D eigenvalue weighted by Crippen LogP contribution is 2.24. The highest BCUT2D eigenvalue weighted by atomic mass is 32.3. The Balaban J connectivity index is 3.09. The molecule has 1 rings (SSSR count). The van der Waals surface area contributed by atoms with Gasteiger partial charge in [-0.15, -0.1) is 0 Å². The lowest BCUT2D eigenvalue weighted by atomic mass is 9.98. The quantitative estimate of drug-likeness (QED) is 0.267. The summed E-state index contributed by atoms with van der Waals surface area (Å²) >= 11 is 0. The Morgan fingerprint density at radius 1 is 1.15 bits per heavy atom. The SMILES string of the molecule is O=S(=O)(O)N[C@H]1C(O)O[C@H](CO)[C@@H](O)[C@@H]1OS(=O)(=O)O. The zero-order valence-electron chi connectivity index (χ0n) is 9.60. The third-order valence-corrected chi connectivity index (χ3v) is 3.43. The Hall–Kier alpha value is -0.420. The second kappa shape index (κ2) is 6.14. The van der Waals surface area contributed by atoms with E-state index >= 15 is 0 Å². The van der Waals surface area contributed by atoms with Crippen molar-refractivity contribution in [3.8, 4) is 0 Å². The largest absolute Gasteiger partial charge is 0.397 e. The number of ether oxygens (including phenoxy) is 1. The Kier molecular flexibility index (Phi) is 5.41. The van der Waals surface area contributed by atoms with Gasteiger partial charge in [0, 0.05) is 0 Å².